The minimum atomic E-state index is -0.0886. The molecule has 0 radical (unpaired) electrons. The number of aromatic amines is 1. The number of nitrogens with one attached hydrogen (secondary N) is 2. The summed E-state index contributed by atoms with van der Waals surface area (Å²) in [4.78, 5) is 18.1. The molecule has 5 nitrogen and oxygen atoms in total. The van der Waals surface area contributed by atoms with Gasteiger partial charge in [-0.15, -0.1) is 0 Å². The van der Waals surface area contributed by atoms with E-state index in [0.29, 0.717) is 30.3 Å². The third-order valence-electron chi connectivity index (χ3n) is 6.10. The number of aromatic nitrogens is 1. The number of rotatable bonds is 8. The molecule has 35 heavy (non-hydrogen) atoms. The number of nitrogens with zero attached hydrogens (tertiary/aromatic N) is 1. The summed E-state index contributed by atoms with van der Waals surface area (Å²) in [6, 6.07) is 24.4. The van der Waals surface area contributed by atoms with Crippen LogP contribution in [0.2, 0.25) is 0 Å². The number of methoxy groups -OCH3 is 1. The van der Waals surface area contributed by atoms with Crippen LogP contribution in [-0.4, -0.2) is 28.7 Å². The zero-order valence-electron chi connectivity index (χ0n) is 20.4. The van der Waals surface area contributed by atoms with Gasteiger partial charge in [0.1, 0.15) is 5.75 Å². The van der Waals surface area contributed by atoms with Crippen LogP contribution in [0.25, 0.3) is 10.9 Å². The highest BCUT2D eigenvalue weighted by Gasteiger charge is 2.15. The van der Waals surface area contributed by atoms with Gasteiger partial charge in [-0.1, -0.05) is 48.5 Å². The Morgan fingerprint density at radius 1 is 0.971 bits per heavy atom. The molecule has 6 heteroatoms. The van der Waals surface area contributed by atoms with Crippen LogP contribution in [0.1, 0.15) is 27.8 Å². The summed E-state index contributed by atoms with van der Waals surface area (Å²) in [5, 5.41) is 5.07. The number of ether oxygens (including phenoxy) is 1. The van der Waals surface area contributed by atoms with Gasteiger partial charge >= 0.3 is 0 Å². The van der Waals surface area contributed by atoms with Gasteiger partial charge in [0.25, 0.3) is 5.56 Å². The molecule has 1 heterocycles. The molecule has 0 saturated heterocycles. The number of hydrogen-bond acceptors (Lipinski definition) is 3. The molecule has 0 bridgehead atoms. The molecule has 0 spiro atoms. The van der Waals surface area contributed by atoms with E-state index in [4.69, 9.17) is 17.0 Å². The number of benzene rings is 3. The van der Waals surface area contributed by atoms with E-state index in [-0.39, 0.29) is 5.56 Å². The lowest BCUT2D eigenvalue weighted by molar-refractivity contribution is 0.395. The van der Waals surface area contributed by atoms with Crippen LogP contribution < -0.4 is 15.6 Å². The molecule has 0 saturated carbocycles. The van der Waals surface area contributed by atoms with Gasteiger partial charge in [-0.05, 0) is 79.0 Å². The monoisotopic (exact) mass is 485 g/mol. The Morgan fingerprint density at radius 3 is 2.43 bits per heavy atom. The second-order valence-electron chi connectivity index (χ2n) is 8.84. The molecular formula is C29H31N3O2S. The Kier molecular flexibility index (Phi) is 7.83. The molecule has 180 valence electrons. The van der Waals surface area contributed by atoms with Crippen molar-refractivity contribution in [3.05, 3.63) is 111 Å². The number of pyridine rings is 1. The predicted molar refractivity (Wildman–Crippen MR) is 147 cm³/mol. The fourth-order valence-corrected chi connectivity index (χ4v) is 4.49. The minimum Gasteiger partial charge on any atom is -0.497 e. The fraction of sp³-hybridized carbons (Fsp3) is 0.241. The maximum absolute atomic E-state index is 13.0. The lowest BCUT2D eigenvalue weighted by Crippen LogP contribution is -2.40. The van der Waals surface area contributed by atoms with Gasteiger partial charge in [0.2, 0.25) is 0 Å². The number of fused-ring (bicyclic) bond motifs is 1. The average molecular weight is 486 g/mol. The zero-order valence-corrected chi connectivity index (χ0v) is 21.2. The van der Waals surface area contributed by atoms with Gasteiger partial charge in [-0.25, -0.2) is 0 Å². The third-order valence-corrected chi connectivity index (χ3v) is 6.51. The van der Waals surface area contributed by atoms with Gasteiger partial charge in [-0.2, -0.15) is 0 Å². The van der Waals surface area contributed by atoms with Gasteiger partial charge in [-0.3, -0.25) is 4.79 Å². The highest BCUT2D eigenvalue weighted by molar-refractivity contribution is 7.80. The van der Waals surface area contributed by atoms with Crippen LogP contribution >= 0.6 is 12.2 Å². The van der Waals surface area contributed by atoms with Crippen molar-refractivity contribution in [1.29, 1.82) is 0 Å². The van der Waals surface area contributed by atoms with E-state index in [0.717, 1.165) is 39.8 Å². The molecule has 0 atom stereocenters. The van der Waals surface area contributed by atoms with Crippen molar-refractivity contribution in [3.8, 4) is 5.75 Å². The number of thiocarbonyl (C=S) groups is 1. The average Bonchev–Trinajstić information content (AvgIpc) is 2.85. The maximum Gasteiger partial charge on any atom is 0.253 e. The van der Waals surface area contributed by atoms with Crippen LogP contribution in [-0.2, 0) is 19.5 Å². The first-order valence-electron chi connectivity index (χ1n) is 11.8. The van der Waals surface area contributed by atoms with E-state index in [9.17, 15) is 4.79 Å². The zero-order chi connectivity index (χ0) is 24.8. The predicted octanol–water partition coefficient (Wildman–Crippen LogP) is 5.27. The second-order valence-corrected chi connectivity index (χ2v) is 9.23. The second kappa shape index (κ2) is 11.2. The summed E-state index contributed by atoms with van der Waals surface area (Å²) >= 11 is 5.80. The smallest absolute Gasteiger partial charge is 0.253 e. The van der Waals surface area contributed by atoms with Crippen molar-refractivity contribution >= 4 is 28.2 Å². The summed E-state index contributed by atoms with van der Waals surface area (Å²) in [5.41, 5.74) is 6.07. The molecule has 3 aromatic carbocycles. The summed E-state index contributed by atoms with van der Waals surface area (Å²) in [5.74, 6) is 0.806. The van der Waals surface area contributed by atoms with Crippen molar-refractivity contribution in [2.24, 2.45) is 0 Å². The summed E-state index contributed by atoms with van der Waals surface area (Å²) in [6.45, 7) is 5.80. The van der Waals surface area contributed by atoms with Crippen molar-refractivity contribution in [1.82, 2.24) is 15.2 Å². The summed E-state index contributed by atoms with van der Waals surface area (Å²) in [7, 11) is 1.66. The number of aryl methyl sites for hydroxylation is 2. The van der Waals surface area contributed by atoms with E-state index in [1.54, 1.807) is 7.11 Å². The maximum atomic E-state index is 13.0. The molecule has 0 unspecified atom stereocenters. The SMILES string of the molecule is COc1ccc(CN(Cc2cc3c(C)cc(C)cc3[nH]c2=O)C(=S)NCCc2ccccc2)cc1. The van der Waals surface area contributed by atoms with E-state index in [2.05, 4.69) is 35.4 Å². The van der Waals surface area contributed by atoms with Crippen molar-refractivity contribution in [3.63, 3.8) is 0 Å². The molecule has 4 aromatic rings. The minimum absolute atomic E-state index is 0.0886. The first-order chi connectivity index (χ1) is 16.9. The molecule has 0 fully saturated rings. The normalized spacial score (nSPS) is 10.8. The standard InChI is InChI=1S/C29H31N3O2S/c1-20-15-21(2)26-17-24(28(33)31-27(26)16-20)19-32(18-23-9-11-25(34-3)12-10-23)29(35)30-14-13-22-7-5-4-6-8-22/h4-12,15-17H,13-14,18-19H2,1-3H3,(H,30,35)(H,31,33). The van der Waals surface area contributed by atoms with E-state index >= 15 is 0 Å². The van der Waals surface area contributed by atoms with Gasteiger partial charge < -0.3 is 19.9 Å². The highest BCUT2D eigenvalue weighted by atomic mass is 32.1. The lowest BCUT2D eigenvalue weighted by Gasteiger charge is -2.26. The van der Waals surface area contributed by atoms with Crippen molar-refractivity contribution < 1.29 is 4.74 Å². The van der Waals surface area contributed by atoms with E-state index in [1.165, 1.54) is 5.56 Å². The molecule has 0 aliphatic carbocycles. The Hall–Kier alpha value is -3.64. The van der Waals surface area contributed by atoms with E-state index < -0.39 is 0 Å². The van der Waals surface area contributed by atoms with Gasteiger partial charge in [0, 0.05) is 29.6 Å². The first kappa shape index (κ1) is 24.5. The number of hydrogen-bond donors (Lipinski definition) is 2. The Bertz CT molecular complexity index is 1360. The fourth-order valence-electron chi connectivity index (χ4n) is 4.26. The molecule has 2 N–H and O–H groups in total. The first-order valence-corrected chi connectivity index (χ1v) is 12.2. The summed E-state index contributed by atoms with van der Waals surface area (Å²) < 4.78 is 5.29. The van der Waals surface area contributed by atoms with Gasteiger partial charge in [0.15, 0.2) is 5.11 Å². The largest absolute Gasteiger partial charge is 0.497 e. The Morgan fingerprint density at radius 2 is 1.71 bits per heavy atom. The highest BCUT2D eigenvalue weighted by Crippen LogP contribution is 2.20. The van der Waals surface area contributed by atoms with E-state index in [1.807, 2.05) is 66.4 Å². The Labute approximate surface area is 211 Å². The van der Waals surface area contributed by atoms with Crippen LogP contribution in [0, 0.1) is 13.8 Å². The molecule has 0 aliphatic rings. The van der Waals surface area contributed by atoms with Crippen LogP contribution in [0.3, 0.4) is 0 Å². The van der Waals surface area contributed by atoms with Gasteiger partial charge in [0.05, 0.1) is 13.7 Å². The molecule has 4 rings (SSSR count). The quantitative estimate of drug-likeness (QED) is 0.333. The summed E-state index contributed by atoms with van der Waals surface area (Å²) in [6.07, 6.45) is 0.868. The van der Waals surface area contributed by atoms with Crippen LogP contribution in [0.15, 0.2) is 77.6 Å². The van der Waals surface area contributed by atoms with Crippen molar-refractivity contribution in [2.45, 2.75) is 33.4 Å². The number of H-pyrrole nitrogens is 1. The van der Waals surface area contributed by atoms with Crippen LogP contribution in [0.4, 0.5) is 0 Å². The molecule has 1 aromatic heterocycles. The topological polar surface area (TPSA) is 57.4 Å². The van der Waals surface area contributed by atoms with Crippen molar-refractivity contribution in [2.75, 3.05) is 13.7 Å². The lowest BCUT2D eigenvalue weighted by atomic mass is 10.0. The van der Waals surface area contributed by atoms with Crippen LogP contribution in [0.5, 0.6) is 5.75 Å². The third kappa shape index (κ3) is 6.28. The Balaban J connectivity index is 1.57. The molecular weight excluding hydrogens is 454 g/mol. The molecule has 0 amide bonds. The molecule has 0 aliphatic heterocycles.